The summed E-state index contributed by atoms with van der Waals surface area (Å²) in [6.45, 7) is 0. The minimum Gasteiger partial charge on any atom is -0.471 e. The zero-order valence-electron chi connectivity index (χ0n) is 10.3. The van der Waals surface area contributed by atoms with Crippen LogP contribution < -0.4 is 4.90 Å². The van der Waals surface area contributed by atoms with E-state index in [0.29, 0.717) is 11.1 Å². The Kier molecular flexibility index (Phi) is 3.49. The van der Waals surface area contributed by atoms with Gasteiger partial charge in [-0.1, -0.05) is 5.92 Å². The second-order valence-electron chi connectivity index (χ2n) is 4.03. The summed E-state index contributed by atoms with van der Waals surface area (Å²) in [5.41, 5.74) is 2.35. The summed E-state index contributed by atoms with van der Waals surface area (Å²) in [6.07, 6.45) is 3.04. The molecule has 0 N–H and O–H groups in total. The summed E-state index contributed by atoms with van der Waals surface area (Å²) in [5, 5.41) is 0. The Morgan fingerprint density at radius 2 is 1.89 bits per heavy atom. The van der Waals surface area contributed by atoms with E-state index < -0.39 is 0 Å². The van der Waals surface area contributed by atoms with Crippen LogP contribution in [0, 0.1) is 11.8 Å². The first kappa shape index (κ1) is 12.0. The number of carbonyl (C=O) groups excluding carboxylic acids is 1. The zero-order chi connectivity index (χ0) is 13.0. The molecule has 0 saturated heterocycles. The molecule has 18 heavy (non-hydrogen) atoms. The third-order valence-electron chi connectivity index (χ3n) is 2.49. The van der Waals surface area contributed by atoms with Gasteiger partial charge >= 0.3 is 0 Å². The van der Waals surface area contributed by atoms with Gasteiger partial charge in [-0.2, -0.15) is 0 Å². The Balaban J connectivity index is 2.14. The molecule has 0 unspecified atom stereocenters. The number of hydrogen-bond acceptors (Lipinski definition) is 3. The van der Waals surface area contributed by atoms with E-state index >= 15 is 0 Å². The summed E-state index contributed by atoms with van der Waals surface area (Å²) in [7, 11) is 3.91. The van der Waals surface area contributed by atoms with Crippen LogP contribution in [0.2, 0.25) is 0 Å². The molecule has 0 aliphatic heterocycles. The average Bonchev–Trinajstić information content (AvgIpc) is 2.89. The molecule has 1 aromatic carbocycles. The number of furan rings is 1. The molecular formula is C15H13NO2. The molecular weight excluding hydrogens is 226 g/mol. The third kappa shape index (κ3) is 2.80. The average molecular weight is 239 g/mol. The maximum absolute atomic E-state index is 11.8. The molecule has 2 rings (SSSR count). The topological polar surface area (TPSA) is 33.5 Å². The fraction of sp³-hybridized carbons (Fsp3) is 0.133. The molecule has 2 aromatic rings. The number of nitrogens with zero attached hydrogens (tertiary/aromatic N) is 1. The lowest BCUT2D eigenvalue weighted by Gasteiger charge is -2.11. The van der Waals surface area contributed by atoms with E-state index in [1.807, 2.05) is 31.1 Å². The van der Waals surface area contributed by atoms with Gasteiger partial charge in [0.25, 0.3) is 0 Å². The lowest BCUT2D eigenvalue weighted by atomic mass is 10.1. The Morgan fingerprint density at radius 3 is 2.44 bits per heavy atom. The van der Waals surface area contributed by atoms with Gasteiger partial charge < -0.3 is 9.32 Å². The lowest BCUT2D eigenvalue weighted by Crippen LogP contribution is -2.08. The minimum absolute atomic E-state index is 0.193. The number of carbonyl (C=O) groups is 1. The predicted octanol–water partition coefficient (Wildman–Crippen LogP) is 2.58. The fourth-order valence-electron chi connectivity index (χ4n) is 1.45. The van der Waals surface area contributed by atoms with Crippen LogP contribution in [0.1, 0.15) is 15.9 Å². The zero-order valence-corrected chi connectivity index (χ0v) is 10.3. The van der Waals surface area contributed by atoms with Crippen molar-refractivity contribution in [3.8, 4) is 11.8 Å². The van der Waals surface area contributed by atoms with E-state index in [0.717, 1.165) is 5.69 Å². The van der Waals surface area contributed by atoms with Crippen LogP contribution in [0.25, 0.3) is 0 Å². The van der Waals surface area contributed by atoms with Gasteiger partial charge in [-0.05, 0) is 36.3 Å². The summed E-state index contributed by atoms with van der Waals surface area (Å²) < 4.78 is 4.88. The van der Waals surface area contributed by atoms with Gasteiger partial charge in [0.2, 0.25) is 5.78 Å². The molecule has 3 heteroatoms. The van der Waals surface area contributed by atoms with Crippen molar-refractivity contribution in [3.63, 3.8) is 0 Å². The van der Waals surface area contributed by atoms with Crippen LogP contribution in [0.5, 0.6) is 0 Å². The standard InChI is InChI=1S/C15H13NO2/c1-16(2)14-6-4-13(5-7-14)15(17)8-3-12-9-10-18-11-12/h4-7,9-11H,1-2H3. The fourth-order valence-corrected chi connectivity index (χ4v) is 1.45. The molecule has 0 spiro atoms. The highest BCUT2D eigenvalue weighted by atomic mass is 16.3. The molecule has 1 aromatic heterocycles. The first-order chi connectivity index (χ1) is 8.66. The molecule has 0 saturated carbocycles. The molecule has 90 valence electrons. The highest BCUT2D eigenvalue weighted by molar-refractivity contribution is 6.09. The Labute approximate surface area is 106 Å². The van der Waals surface area contributed by atoms with Crippen molar-refractivity contribution in [1.29, 1.82) is 0 Å². The second kappa shape index (κ2) is 5.24. The van der Waals surface area contributed by atoms with Gasteiger partial charge in [0.05, 0.1) is 11.8 Å². The summed E-state index contributed by atoms with van der Waals surface area (Å²) in [4.78, 5) is 13.8. The number of hydrogen-bond donors (Lipinski definition) is 0. The molecule has 0 bridgehead atoms. The number of benzene rings is 1. The van der Waals surface area contributed by atoms with Crippen LogP contribution in [0.4, 0.5) is 5.69 Å². The minimum atomic E-state index is -0.193. The molecule has 1 heterocycles. The monoisotopic (exact) mass is 239 g/mol. The van der Waals surface area contributed by atoms with Crippen LogP contribution in [-0.4, -0.2) is 19.9 Å². The van der Waals surface area contributed by atoms with Gasteiger partial charge in [-0.25, -0.2) is 0 Å². The van der Waals surface area contributed by atoms with Crippen LogP contribution in [0.15, 0.2) is 47.3 Å². The van der Waals surface area contributed by atoms with Gasteiger partial charge in [0.1, 0.15) is 6.26 Å². The predicted molar refractivity (Wildman–Crippen MR) is 70.7 cm³/mol. The molecule has 3 nitrogen and oxygen atoms in total. The molecule has 0 amide bonds. The van der Waals surface area contributed by atoms with Crippen molar-refractivity contribution in [1.82, 2.24) is 0 Å². The van der Waals surface area contributed by atoms with Crippen molar-refractivity contribution < 1.29 is 9.21 Å². The molecule has 0 atom stereocenters. The Hall–Kier alpha value is -2.47. The van der Waals surface area contributed by atoms with E-state index in [1.165, 1.54) is 12.5 Å². The Morgan fingerprint density at radius 1 is 1.17 bits per heavy atom. The number of rotatable bonds is 2. The van der Waals surface area contributed by atoms with Gasteiger partial charge in [0.15, 0.2) is 0 Å². The van der Waals surface area contributed by atoms with Crippen LogP contribution in [0.3, 0.4) is 0 Å². The highest BCUT2D eigenvalue weighted by Crippen LogP contribution is 2.12. The first-order valence-corrected chi connectivity index (χ1v) is 5.53. The smallest absolute Gasteiger partial charge is 0.236 e. The Bertz CT molecular complexity index is 584. The quantitative estimate of drug-likeness (QED) is 0.596. The highest BCUT2D eigenvalue weighted by Gasteiger charge is 2.02. The molecule has 0 aliphatic carbocycles. The van der Waals surface area contributed by atoms with Gasteiger partial charge in [0, 0.05) is 25.3 Å². The normalized spacial score (nSPS) is 9.44. The van der Waals surface area contributed by atoms with Crippen LogP contribution >= 0.6 is 0 Å². The van der Waals surface area contributed by atoms with E-state index in [2.05, 4.69) is 11.8 Å². The number of ketones is 1. The van der Waals surface area contributed by atoms with E-state index in [4.69, 9.17) is 4.42 Å². The summed E-state index contributed by atoms with van der Waals surface area (Å²) in [5.74, 6) is 5.15. The van der Waals surface area contributed by atoms with Crippen molar-refractivity contribution >= 4 is 11.5 Å². The lowest BCUT2D eigenvalue weighted by molar-refractivity contribution is 0.105. The molecule has 0 fully saturated rings. The summed E-state index contributed by atoms with van der Waals surface area (Å²) >= 11 is 0. The number of anilines is 1. The maximum atomic E-state index is 11.8. The van der Waals surface area contributed by atoms with Crippen molar-refractivity contribution in [2.45, 2.75) is 0 Å². The number of Topliss-reactive ketones (excluding diaryl/α,β-unsaturated/α-hetero) is 1. The first-order valence-electron chi connectivity index (χ1n) is 5.53. The van der Waals surface area contributed by atoms with E-state index in [9.17, 15) is 4.79 Å². The molecule has 0 radical (unpaired) electrons. The SMILES string of the molecule is CN(C)c1ccc(C(=O)C#Cc2ccoc2)cc1. The maximum Gasteiger partial charge on any atom is 0.236 e. The van der Waals surface area contributed by atoms with Gasteiger partial charge in [-0.15, -0.1) is 0 Å². The van der Waals surface area contributed by atoms with E-state index in [1.54, 1.807) is 18.2 Å². The van der Waals surface area contributed by atoms with Crippen LogP contribution in [-0.2, 0) is 0 Å². The van der Waals surface area contributed by atoms with Crippen molar-refractivity contribution in [2.24, 2.45) is 0 Å². The second-order valence-corrected chi connectivity index (χ2v) is 4.03. The summed E-state index contributed by atoms with van der Waals surface area (Å²) in [6, 6.07) is 9.07. The van der Waals surface area contributed by atoms with Gasteiger partial charge in [-0.3, -0.25) is 4.79 Å². The third-order valence-corrected chi connectivity index (χ3v) is 2.49. The molecule has 0 aliphatic rings. The van der Waals surface area contributed by atoms with Crippen molar-refractivity contribution in [3.05, 3.63) is 54.0 Å². The van der Waals surface area contributed by atoms with Crippen molar-refractivity contribution in [2.75, 3.05) is 19.0 Å². The largest absolute Gasteiger partial charge is 0.471 e. The van der Waals surface area contributed by atoms with E-state index in [-0.39, 0.29) is 5.78 Å².